The van der Waals surface area contributed by atoms with Crippen molar-refractivity contribution in [1.82, 2.24) is 39.2 Å². The van der Waals surface area contributed by atoms with E-state index in [4.69, 9.17) is 14.5 Å². The first-order valence-electron chi connectivity index (χ1n) is 15.1. The van der Waals surface area contributed by atoms with E-state index in [0.717, 1.165) is 24.8 Å². The molecule has 0 atom stereocenters. The van der Waals surface area contributed by atoms with Crippen LogP contribution in [0.3, 0.4) is 0 Å². The fraction of sp³-hybridized carbons (Fsp3) is 0.469. The Morgan fingerprint density at radius 3 is 2.39 bits per heavy atom. The van der Waals surface area contributed by atoms with Gasteiger partial charge >= 0.3 is 6.18 Å². The van der Waals surface area contributed by atoms with Crippen LogP contribution in [-0.2, 0) is 17.5 Å². The Hall–Kier alpha value is -4.48. The van der Waals surface area contributed by atoms with E-state index in [1.54, 1.807) is 30.0 Å². The summed E-state index contributed by atoms with van der Waals surface area (Å²) in [6.07, 6.45) is -2.01. The van der Waals surface area contributed by atoms with Crippen LogP contribution >= 0.6 is 0 Å². The van der Waals surface area contributed by atoms with E-state index in [-0.39, 0.29) is 17.9 Å². The predicted molar refractivity (Wildman–Crippen MR) is 167 cm³/mol. The number of morpholine rings is 1. The number of rotatable bonds is 10. The molecule has 1 fully saturated rings. The molecule has 1 aromatic carbocycles. The molecule has 1 aliphatic rings. The van der Waals surface area contributed by atoms with Crippen LogP contribution in [0.4, 0.5) is 19.1 Å². The van der Waals surface area contributed by atoms with Gasteiger partial charge in [-0.2, -0.15) is 18.2 Å². The molecule has 3 aromatic heterocycles. The van der Waals surface area contributed by atoms with E-state index in [2.05, 4.69) is 36.8 Å². The van der Waals surface area contributed by atoms with E-state index < -0.39 is 11.9 Å². The third-order valence-electron chi connectivity index (χ3n) is 7.45. The highest BCUT2D eigenvalue weighted by Gasteiger charge is 2.35. The molecule has 244 valence electrons. The SMILES string of the molecule is COc1cc(-c2ncnc(N(CC#CCN3CCOCC3)Cc3ccc(-c4nc(C(F)(F)F)cn4C(C)C)cc3)n2)n(C(C)C)n1. The van der Waals surface area contributed by atoms with Crippen molar-refractivity contribution >= 4 is 5.95 Å². The molecule has 4 heterocycles. The molecular weight excluding hydrogens is 599 g/mol. The van der Waals surface area contributed by atoms with Crippen molar-refractivity contribution in [2.45, 2.75) is 52.5 Å². The summed E-state index contributed by atoms with van der Waals surface area (Å²) >= 11 is 0. The van der Waals surface area contributed by atoms with Gasteiger partial charge in [-0.25, -0.2) is 15.0 Å². The van der Waals surface area contributed by atoms with Gasteiger partial charge in [0.25, 0.3) is 0 Å². The maximum absolute atomic E-state index is 13.5. The molecule has 1 aliphatic heterocycles. The molecule has 0 radical (unpaired) electrons. The second-order valence-corrected chi connectivity index (χ2v) is 11.5. The number of benzene rings is 1. The molecular formula is C32H38F3N9O2. The summed E-state index contributed by atoms with van der Waals surface area (Å²) in [6, 6.07) is 8.94. The Kier molecular flexibility index (Phi) is 10.2. The van der Waals surface area contributed by atoms with Crippen molar-refractivity contribution in [2.75, 3.05) is 51.4 Å². The van der Waals surface area contributed by atoms with Gasteiger partial charge in [-0.3, -0.25) is 9.58 Å². The van der Waals surface area contributed by atoms with Gasteiger partial charge in [0, 0.05) is 49.5 Å². The number of hydrogen-bond acceptors (Lipinski definition) is 9. The second-order valence-electron chi connectivity index (χ2n) is 11.5. The van der Waals surface area contributed by atoms with Gasteiger partial charge in [-0.05, 0) is 33.3 Å². The molecule has 14 heteroatoms. The van der Waals surface area contributed by atoms with Gasteiger partial charge in [0.05, 0.1) is 33.4 Å². The second kappa shape index (κ2) is 14.3. The van der Waals surface area contributed by atoms with Crippen LogP contribution in [0, 0.1) is 11.8 Å². The normalized spacial score (nSPS) is 14.0. The number of methoxy groups -OCH3 is 1. The molecule has 1 saturated heterocycles. The summed E-state index contributed by atoms with van der Waals surface area (Å²) in [5.41, 5.74) is 1.26. The zero-order valence-electron chi connectivity index (χ0n) is 26.6. The highest BCUT2D eigenvalue weighted by Crippen LogP contribution is 2.33. The van der Waals surface area contributed by atoms with Crippen molar-refractivity contribution in [3.05, 3.63) is 54.1 Å². The lowest BCUT2D eigenvalue weighted by atomic mass is 10.1. The van der Waals surface area contributed by atoms with Crippen molar-refractivity contribution in [3.63, 3.8) is 0 Å². The minimum Gasteiger partial charge on any atom is -0.480 e. The topological polar surface area (TPSA) is 99.3 Å². The Bertz CT molecular complexity index is 1660. The molecule has 0 bridgehead atoms. The van der Waals surface area contributed by atoms with Crippen LogP contribution in [0.5, 0.6) is 5.88 Å². The van der Waals surface area contributed by atoms with Gasteiger partial charge in [-0.15, -0.1) is 5.10 Å². The lowest BCUT2D eigenvalue weighted by Crippen LogP contribution is -2.36. The van der Waals surface area contributed by atoms with E-state index in [9.17, 15) is 13.2 Å². The number of alkyl halides is 3. The molecule has 0 unspecified atom stereocenters. The molecule has 5 rings (SSSR count). The zero-order valence-corrected chi connectivity index (χ0v) is 26.6. The Morgan fingerprint density at radius 1 is 1.00 bits per heavy atom. The molecule has 46 heavy (non-hydrogen) atoms. The summed E-state index contributed by atoms with van der Waals surface area (Å²) in [5, 5.41) is 4.49. The number of imidazole rings is 1. The number of ether oxygens (including phenoxy) is 2. The van der Waals surface area contributed by atoms with Crippen LogP contribution in [0.1, 0.15) is 51.0 Å². The molecule has 0 amide bonds. The zero-order chi connectivity index (χ0) is 32.8. The number of halogens is 3. The fourth-order valence-electron chi connectivity index (χ4n) is 4.99. The van der Waals surface area contributed by atoms with E-state index >= 15 is 0 Å². The summed E-state index contributed by atoms with van der Waals surface area (Å²) in [6.45, 7) is 12.1. The first kappa shape index (κ1) is 32.9. The fourth-order valence-corrected chi connectivity index (χ4v) is 4.99. The summed E-state index contributed by atoms with van der Waals surface area (Å²) in [5.74, 6) is 8.11. The Balaban J connectivity index is 1.43. The molecule has 0 saturated carbocycles. The van der Waals surface area contributed by atoms with Crippen LogP contribution in [0.2, 0.25) is 0 Å². The van der Waals surface area contributed by atoms with Gasteiger partial charge in [-0.1, -0.05) is 36.1 Å². The van der Waals surface area contributed by atoms with E-state index in [1.165, 1.54) is 10.9 Å². The lowest BCUT2D eigenvalue weighted by molar-refractivity contribution is -0.140. The minimum atomic E-state index is -4.53. The maximum Gasteiger partial charge on any atom is 0.434 e. The Labute approximate surface area is 266 Å². The molecule has 11 nitrogen and oxygen atoms in total. The first-order chi connectivity index (χ1) is 22.0. The number of hydrogen-bond donors (Lipinski definition) is 0. The quantitative estimate of drug-likeness (QED) is 0.219. The van der Waals surface area contributed by atoms with Crippen molar-refractivity contribution < 1.29 is 22.6 Å². The highest BCUT2D eigenvalue weighted by atomic mass is 19.4. The standard InChI is InChI=1S/C32H38F3N9O2/c1-22(2)43-20-27(32(33,34)35)38-30(43)25-10-8-24(9-11-25)19-42(13-7-6-12-41-14-16-46-17-15-41)31-37-21-36-29(39-31)26-18-28(45-5)40-44(26)23(3)4/h8-11,18,20-23H,12-17,19H2,1-5H3. The van der Waals surface area contributed by atoms with Crippen molar-refractivity contribution in [2.24, 2.45) is 0 Å². The van der Waals surface area contributed by atoms with Gasteiger partial charge in [0.1, 0.15) is 17.8 Å². The third kappa shape index (κ3) is 7.83. The highest BCUT2D eigenvalue weighted by molar-refractivity contribution is 5.58. The van der Waals surface area contributed by atoms with E-state index in [0.29, 0.717) is 61.8 Å². The molecule has 0 spiro atoms. The Morgan fingerprint density at radius 2 is 1.74 bits per heavy atom. The van der Waals surface area contributed by atoms with Crippen molar-refractivity contribution in [1.29, 1.82) is 0 Å². The van der Waals surface area contributed by atoms with Crippen LogP contribution in [-0.4, -0.2) is 85.7 Å². The summed E-state index contributed by atoms with van der Waals surface area (Å²) in [7, 11) is 1.56. The van der Waals surface area contributed by atoms with Gasteiger partial charge in [0.15, 0.2) is 11.5 Å². The average molecular weight is 638 g/mol. The monoisotopic (exact) mass is 637 g/mol. The van der Waals surface area contributed by atoms with Crippen LogP contribution in [0.15, 0.2) is 42.9 Å². The predicted octanol–water partition coefficient (Wildman–Crippen LogP) is 5.13. The van der Waals surface area contributed by atoms with Gasteiger partial charge in [0.2, 0.25) is 11.8 Å². The number of anilines is 1. The number of nitrogens with zero attached hydrogens (tertiary/aromatic N) is 9. The minimum absolute atomic E-state index is 0.0401. The van der Waals surface area contributed by atoms with Gasteiger partial charge < -0.3 is 18.9 Å². The average Bonchev–Trinajstić information content (AvgIpc) is 3.70. The number of aromatic nitrogens is 7. The van der Waals surface area contributed by atoms with Crippen molar-refractivity contribution in [3.8, 4) is 40.6 Å². The molecule has 0 aliphatic carbocycles. The first-order valence-corrected chi connectivity index (χ1v) is 15.1. The van der Waals surface area contributed by atoms with Crippen LogP contribution in [0.25, 0.3) is 22.9 Å². The van der Waals surface area contributed by atoms with Crippen LogP contribution < -0.4 is 9.64 Å². The largest absolute Gasteiger partial charge is 0.480 e. The maximum atomic E-state index is 13.5. The molecule has 4 aromatic rings. The summed E-state index contributed by atoms with van der Waals surface area (Å²) in [4.78, 5) is 21.8. The third-order valence-corrected chi connectivity index (χ3v) is 7.45. The lowest BCUT2D eigenvalue weighted by Gasteiger charge is -2.24. The molecule has 0 N–H and O–H groups in total. The smallest absolute Gasteiger partial charge is 0.434 e. The summed E-state index contributed by atoms with van der Waals surface area (Å²) < 4.78 is 54.5. The van der Waals surface area contributed by atoms with E-state index in [1.807, 2.05) is 44.7 Å².